The van der Waals surface area contributed by atoms with Crippen LogP contribution >= 0.6 is 12.4 Å². The third kappa shape index (κ3) is 2.97. The summed E-state index contributed by atoms with van der Waals surface area (Å²) in [7, 11) is 0. The molecule has 1 aromatic carbocycles. The van der Waals surface area contributed by atoms with Gasteiger partial charge in [-0.25, -0.2) is 4.79 Å². The van der Waals surface area contributed by atoms with Crippen LogP contribution in [0, 0.1) is 5.92 Å². The number of anilines is 1. The van der Waals surface area contributed by atoms with Crippen LogP contribution in [0.3, 0.4) is 0 Å². The van der Waals surface area contributed by atoms with Crippen LogP contribution < -0.4 is 10.1 Å². The van der Waals surface area contributed by atoms with Gasteiger partial charge >= 0.3 is 6.03 Å². The predicted octanol–water partition coefficient (Wildman–Crippen LogP) is 3.14. The van der Waals surface area contributed by atoms with E-state index in [1.165, 1.54) is 5.56 Å². The van der Waals surface area contributed by atoms with Gasteiger partial charge in [0.15, 0.2) is 0 Å². The van der Waals surface area contributed by atoms with E-state index < -0.39 is 0 Å². The fraction of sp³-hybridized carbons (Fsp3) is 0.294. The molecule has 3 heterocycles. The first-order valence-electron chi connectivity index (χ1n) is 7.49. The molecule has 5 nitrogen and oxygen atoms in total. The molecule has 2 atom stereocenters. The smallest absolute Gasteiger partial charge is 0.321 e. The lowest BCUT2D eigenvalue weighted by Gasteiger charge is -2.27. The molecule has 120 valence electrons. The number of benzene rings is 1. The lowest BCUT2D eigenvalue weighted by atomic mass is 9.87. The zero-order valence-electron chi connectivity index (χ0n) is 12.5. The molecule has 2 amide bonds. The van der Waals surface area contributed by atoms with Crippen LogP contribution in [-0.4, -0.2) is 35.6 Å². The summed E-state index contributed by atoms with van der Waals surface area (Å²) >= 11 is 0. The Balaban J connectivity index is 0.00000156. The van der Waals surface area contributed by atoms with Crippen molar-refractivity contribution in [3.63, 3.8) is 0 Å². The van der Waals surface area contributed by atoms with E-state index in [4.69, 9.17) is 4.74 Å². The molecule has 6 heteroatoms. The summed E-state index contributed by atoms with van der Waals surface area (Å²) in [5, 5.41) is 2.90. The normalized spacial score (nSPS) is 21.5. The molecule has 0 bridgehead atoms. The van der Waals surface area contributed by atoms with Crippen LogP contribution in [0.25, 0.3) is 0 Å². The van der Waals surface area contributed by atoms with Crippen molar-refractivity contribution >= 4 is 24.1 Å². The third-order valence-corrected chi connectivity index (χ3v) is 4.41. The van der Waals surface area contributed by atoms with E-state index in [0.29, 0.717) is 18.4 Å². The van der Waals surface area contributed by atoms with Gasteiger partial charge in [0, 0.05) is 31.1 Å². The molecule has 0 saturated carbocycles. The van der Waals surface area contributed by atoms with E-state index in [1.807, 2.05) is 35.2 Å². The summed E-state index contributed by atoms with van der Waals surface area (Å²) in [6.07, 6.45) is 3.34. The molecule has 2 aliphatic heterocycles. The van der Waals surface area contributed by atoms with Gasteiger partial charge in [0.2, 0.25) is 0 Å². The van der Waals surface area contributed by atoms with Gasteiger partial charge in [0.25, 0.3) is 0 Å². The lowest BCUT2D eigenvalue weighted by molar-refractivity contribution is 0.207. The Labute approximate surface area is 141 Å². The van der Waals surface area contributed by atoms with Crippen LogP contribution in [0.15, 0.2) is 48.8 Å². The van der Waals surface area contributed by atoms with Gasteiger partial charge in [-0.1, -0.05) is 18.2 Å². The Bertz CT molecular complexity index is 695. The van der Waals surface area contributed by atoms with Gasteiger partial charge in [-0.05, 0) is 23.8 Å². The highest BCUT2D eigenvalue weighted by molar-refractivity contribution is 5.89. The summed E-state index contributed by atoms with van der Waals surface area (Å²) in [5.74, 6) is 1.69. The number of hydrogen-bond acceptors (Lipinski definition) is 3. The SMILES string of the molecule is Cl.O=C(Nc1cccnc1)N1C[C@@H]2COc3ccccc3[C@@H]2C1. The zero-order valence-corrected chi connectivity index (χ0v) is 13.3. The van der Waals surface area contributed by atoms with E-state index in [1.54, 1.807) is 12.4 Å². The fourth-order valence-corrected chi connectivity index (χ4v) is 3.31. The van der Waals surface area contributed by atoms with Crippen LogP contribution in [0.2, 0.25) is 0 Å². The van der Waals surface area contributed by atoms with Crippen molar-refractivity contribution in [3.8, 4) is 5.75 Å². The fourth-order valence-electron chi connectivity index (χ4n) is 3.31. The van der Waals surface area contributed by atoms with Crippen molar-refractivity contribution in [1.82, 2.24) is 9.88 Å². The van der Waals surface area contributed by atoms with Crippen molar-refractivity contribution < 1.29 is 9.53 Å². The molecule has 4 rings (SSSR count). The molecule has 1 N–H and O–H groups in total. The number of amides is 2. The number of pyridine rings is 1. The molecule has 2 aromatic rings. The average Bonchev–Trinajstić information content (AvgIpc) is 3.00. The number of aromatic nitrogens is 1. The van der Waals surface area contributed by atoms with Crippen molar-refractivity contribution in [2.24, 2.45) is 5.92 Å². The zero-order chi connectivity index (χ0) is 14.9. The Hall–Kier alpha value is -2.27. The number of rotatable bonds is 1. The van der Waals surface area contributed by atoms with Gasteiger partial charge in [-0.2, -0.15) is 0 Å². The molecular formula is C17H18ClN3O2. The lowest BCUT2D eigenvalue weighted by Crippen LogP contribution is -2.33. The van der Waals surface area contributed by atoms with Crippen LogP contribution in [-0.2, 0) is 0 Å². The standard InChI is InChI=1S/C17H17N3O2.ClH/c21-17(19-13-4-3-7-18-8-13)20-9-12-11-22-16-6-2-1-5-14(16)15(12)10-20;/h1-8,12,15H,9-11H2,(H,19,21);1H/t12-,15-;/m1./s1. The molecular weight excluding hydrogens is 314 g/mol. The van der Waals surface area contributed by atoms with Crippen LogP contribution in [0.5, 0.6) is 5.75 Å². The van der Waals surface area contributed by atoms with Gasteiger partial charge in [0.05, 0.1) is 18.5 Å². The van der Waals surface area contributed by atoms with E-state index in [9.17, 15) is 4.79 Å². The largest absolute Gasteiger partial charge is 0.493 e. The molecule has 23 heavy (non-hydrogen) atoms. The van der Waals surface area contributed by atoms with Gasteiger partial charge in [-0.3, -0.25) is 4.98 Å². The minimum absolute atomic E-state index is 0. The Morgan fingerprint density at radius 1 is 1.22 bits per heavy atom. The second kappa shape index (κ2) is 6.46. The minimum Gasteiger partial charge on any atom is -0.493 e. The van der Waals surface area contributed by atoms with Crippen molar-refractivity contribution in [3.05, 3.63) is 54.4 Å². The van der Waals surface area contributed by atoms with Crippen LogP contribution in [0.1, 0.15) is 11.5 Å². The molecule has 0 unspecified atom stereocenters. The van der Waals surface area contributed by atoms with E-state index in [0.717, 1.165) is 24.5 Å². The molecule has 0 aliphatic carbocycles. The molecule has 1 aromatic heterocycles. The van der Waals surface area contributed by atoms with Gasteiger partial charge in [-0.15, -0.1) is 12.4 Å². The highest BCUT2D eigenvalue weighted by Gasteiger charge is 2.40. The average molecular weight is 332 g/mol. The number of fused-ring (bicyclic) bond motifs is 3. The van der Waals surface area contributed by atoms with Crippen molar-refractivity contribution in [2.45, 2.75) is 5.92 Å². The number of ether oxygens (including phenoxy) is 1. The first kappa shape index (κ1) is 15.6. The molecule has 1 fully saturated rings. The number of halogens is 1. The summed E-state index contributed by atoms with van der Waals surface area (Å²) in [6.45, 7) is 2.14. The first-order valence-corrected chi connectivity index (χ1v) is 7.49. The Morgan fingerprint density at radius 3 is 2.91 bits per heavy atom. The number of para-hydroxylation sites is 1. The number of carbonyl (C=O) groups excluding carboxylic acids is 1. The minimum atomic E-state index is -0.0696. The highest BCUT2D eigenvalue weighted by atomic mass is 35.5. The second-order valence-corrected chi connectivity index (χ2v) is 5.79. The van der Waals surface area contributed by atoms with Gasteiger partial charge < -0.3 is 15.0 Å². The topological polar surface area (TPSA) is 54.5 Å². The number of hydrogen-bond donors (Lipinski definition) is 1. The number of nitrogens with zero attached hydrogens (tertiary/aromatic N) is 2. The Kier molecular flexibility index (Phi) is 4.39. The number of carbonyl (C=O) groups is 1. The first-order chi connectivity index (χ1) is 10.8. The molecule has 2 aliphatic rings. The second-order valence-electron chi connectivity index (χ2n) is 5.79. The third-order valence-electron chi connectivity index (χ3n) is 4.41. The van der Waals surface area contributed by atoms with Crippen LogP contribution in [0.4, 0.5) is 10.5 Å². The number of nitrogens with one attached hydrogen (secondary N) is 1. The predicted molar refractivity (Wildman–Crippen MR) is 90.2 cm³/mol. The molecule has 1 saturated heterocycles. The van der Waals surface area contributed by atoms with Crippen molar-refractivity contribution in [2.75, 3.05) is 25.0 Å². The van der Waals surface area contributed by atoms with E-state index >= 15 is 0 Å². The highest BCUT2D eigenvalue weighted by Crippen LogP contribution is 2.41. The summed E-state index contributed by atoms with van der Waals surface area (Å²) in [6, 6.07) is 11.7. The summed E-state index contributed by atoms with van der Waals surface area (Å²) in [5.41, 5.74) is 1.94. The quantitative estimate of drug-likeness (QED) is 0.873. The van der Waals surface area contributed by atoms with Crippen molar-refractivity contribution in [1.29, 1.82) is 0 Å². The van der Waals surface area contributed by atoms with E-state index in [-0.39, 0.29) is 18.4 Å². The maximum absolute atomic E-state index is 12.4. The molecule has 0 spiro atoms. The van der Waals surface area contributed by atoms with E-state index in [2.05, 4.69) is 16.4 Å². The maximum atomic E-state index is 12.4. The maximum Gasteiger partial charge on any atom is 0.321 e. The monoisotopic (exact) mass is 331 g/mol. The number of likely N-dealkylation sites (tertiary alicyclic amines) is 1. The number of urea groups is 1. The Morgan fingerprint density at radius 2 is 2.09 bits per heavy atom. The molecule has 0 radical (unpaired) electrons. The summed E-state index contributed by atoms with van der Waals surface area (Å²) in [4.78, 5) is 18.3. The summed E-state index contributed by atoms with van der Waals surface area (Å²) < 4.78 is 5.82. The van der Waals surface area contributed by atoms with Gasteiger partial charge in [0.1, 0.15) is 5.75 Å².